The molecule has 0 spiro atoms. The van der Waals surface area contributed by atoms with E-state index < -0.39 is 12.1 Å². The molecular formula is C57H111NO3. The normalized spacial score (nSPS) is 12.9. The number of aliphatic hydroxyl groups excluding tert-OH is 2. The topological polar surface area (TPSA) is 69.6 Å². The van der Waals surface area contributed by atoms with Crippen LogP contribution >= 0.6 is 0 Å². The number of hydrogen-bond donors (Lipinski definition) is 3. The van der Waals surface area contributed by atoms with Gasteiger partial charge in [0.2, 0.25) is 5.91 Å². The van der Waals surface area contributed by atoms with E-state index in [4.69, 9.17) is 0 Å². The third-order valence-corrected chi connectivity index (χ3v) is 13.2. The van der Waals surface area contributed by atoms with Gasteiger partial charge in [-0.2, -0.15) is 0 Å². The van der Waals surface area contributed by atoms with Crippen LogP contribution in [-0.2, 0) is 4.79 Å². The van der Waals surface area contributed by atoms with Gasteiger partial charge in [-0.25, -0.2) is 0 Å². The van der Waals surface area contributed by atoms with E-state index in [-0.39, 0.29) is 12.5 Å². The molecule has 0 aromatic heterocycles. The second-order valence-electron chi connectivity index (χ2n) is 19.4. The van der Waals surface area contributed by atoms with Crippen LogP contribution in [-0.4, -0.2) is 34.9 Å². The number of amides is 1. The molecule has 0 fully saturated rings. The summed E-state index contributed by atoms with van der Waals surface area (Å²) < 4.78 is 0. The Bertz CT molecular complexity index is 886. The zero-order chi connectivity index (χ0) is 44.2. The Labute approximate surface area is 383 Å². The molecule has 0 bridgehead atoms. The minimum absolute atomic E-state index is 0.0278. The Morgan fingerprint density at radius 3 is 0.984 bits per heavy atom. The van der Waals surface area contributed by atoms with Gasteiger partial charge in [-0.15, -0.1) is 0 Å². The summed E-state index contributed by atoms with van der Waals surface area (Å²) in [5.41, 5.74) is 0. The molecule has 1 amide bonds. The predicted octanol–water partition coefficient (Wildman–Crippen LogP) is 18.3. The Morgan fingerprint density at radius 1 is 0.393 bits per heavy atom. The van der Waals surface area contributed by atoms with Crippen LogP contribution in [0.25, 0.3) is 0 Å². The summed E-state index contributed by atoms with van der Waals surface area (Å²) in [6.45, 7) is 4.38. The van der Waals surface area contributed by atoms with Crippen molar-refractivity contribution in [1.82, 2.24) is 5.32 Å². The maximum absolute atomic E-state index is 12.4. The molecule has 2 unspecified atom stereocenters. The predicted molar refractivity (Wildman–Crippen MR) is 272 cm³/mol. The van der Waals surface area contributed by atoms with Gasteiger partial charge in [0.25, 0.3) is 0 Å². The van der Waals surface area contributed by atoms with Gasteiger partial charge in [-0.3, -0.25) is 4.79 Å². The van der Waals surface area contributed by atoms with Crippen molar-refractivity contribution in [3.05, 3.63) is 24.3 Å². The minimum atomic E-state index is -0.656. The summed E-state index contributed by atoms with van der Waals surface area (Å²) >= 11 is 0. The monoisotopic (exact) mass is 858 g/mol. The van der Waals surface area contributed by atoms with Crippen molar-refractivity contribution >= 4 is 5.91 Å². The van der Waals surface area contributed by atoms with Crippen LogP contribution in [0.15, 0.2) is 24.3 Å². The summed E-state index contributed by atoms with van der Waals surface area (Å²) in [7, 11) is 0. The van der Waals surface area contributed by atoms with E-state index in [9.17, 15) is 15.0 Å². The van der Waals surface area contributed by atoms with E-state index in [1.165, 1.54) is 257 Å². The number of carbonyl (C=O) groups is 1. The van der Waals surface area contributed by atoms with E-state index in [0.717, 1.165) is 32.1 Å². The first-order chi connectivity index (χ1) is 30.2. The van der Waals surface area contributed by atoms with Crippen molar-refractivity contribution in [2.45, 2.75) is 328 Å². The summed E-state index contributed by atoms with van der Waals surface area (Å²) in [5.74, 6) is -0.0278. The van der Waals surface area contributed by atoms with E-state index in [2.05, 4.69) is 43.5 Å². The maximum atomic E-state index is 12.4. The van der Waals surface area contributed by atoms with Crippen molar-refractivity contribution < 1.29 is 15.0 Å². The lowest BCUT2D eigenvalue weighted by atomic mass is 10.0. The molecule has 4 nitrogen and oxygen atoms in total. The lowest BCUT2D eigenvalue weighted by molar-refractivity contribution is -0.123. The van der Waals surface area contributed by atoms with Crippen LogP contribution in [0.5, 0.6) is 0 Å². The molecule has 0 radical (unpaired) electrons. The van der Waals surface area contributed by atoms with Gasteiger partial charge in [0.1, 0.15) is 0 Å². The first-order valence-corrected chi connectivity index (χ1v) is 28.0. The summed E-state index contributed by atoms with van der Waals surface area (Å²) in [4.78, 5) is 12.4. The van der Waals surface area contributed by atoms with Crippen LogP contribution in [0.3, 0.4) is 0 Å². The highest BCUT2D eigenvalue weighted by Crippen LogP contribution is 2.17. The Morgan fingerprint density at radius 2 is 0.672 bits per heavy atom. The molecule has 0 aliphatic heterocycles. The largest absolute Gasteiger partial charge is 0.394 e. The number of carbonyl (C=O) groups excluding carboxylic acids is 1. The first kappa shape index (κ1) is 59.9. The summed E-state index contributed by atoms with van der Waals surface area (Å²) in [5, 5.41) is 23.2. The van der Waals surface area contributed by atoms with Crippen molar-refractivity contribution in [2.75, 3.05) is 6.61 Å². The van der Waals surface area contributed by atoms with E-state index in [0.29, 0.717) is 12.8 Å². The van der Waals surface area contributed by atoms with E-state index in [1.807, 2.05) is 0 Å². The van der Waals surface area contributed by atoms with Crippen molar-refractivity contribution in [3.8, 4) is 0 Å². The number of nitrogens with one attached hydrogen (secondary N) is 1. The molecule has 0 aromatic carbocycles. The quantitative estimate of drug-likeness (QED) is 0.0422. The summed E-state index contributed by atoms with van der Waals surface area (Å²) in [6.07, 6.45) is 70.4. The number of hydrogen-bond acceptors (Lipinski definition) is 3. The second-order valence-corrected chi connectivity index (χ2v) is 19.4. The lowest BCUT2D eigenvalue weighted by Gasteiger charge is -2.22. The highest BCUT2D eigenvalue weighted by Gasteiger charge is 2.20. The molecule has 3 N–H and O–H groups in total. The molecular weight excluding hydrogens is 747 g/mol. The van der Waals surface area contributed by atoms with Crippen LogP contribution < -0.4 is 5.32 Å². The number of unbranched alkanes of at least 4 members (excludes halogenated alkanes) is 41. The smallest absolute Gasteiger partial charge is 0.220 e. The second kappa shape index (κ2) is 53.2. The lowest BCUT2D eigenvalue weighted by Crippen LogP contribution is -2.45. The van der Waals surface area contributed by atoms with Crippen LogP contribution in [0.2, 0.25) is 0 Å². The molecule has 0 saturated heterocycles. The molecule has 0 saturated carbocycles. The number of aliphatic hydroxyl groups is 2. The van der Waals surface area contributed by atoms with Gasteiger partial charge in [-0.05, 0) is 44.9 Å². The Balaban J connectivity index is 3.38. The molecule has 0 heterocycles. The minimum Gasteiger partial charge on any atom is -0.394 e. The maximum Gasteiger partial charge on any atom is 0.220 e. The molecule has 61 heavy (non-hydrogen) atoms. The van der Waals surface area contributed by atoms with Gasteiger partial charge in [0, 0.05) is 6.42 Å². The fraction of sp³-hybridized carbons (Fsp3) is 0.912. The molecule has 0 rings (SSSR count). The molecule has 0 aliphatic carbocycles. The molecule has 362 valence electrons. The fourth-order valence-electron chi connectivity index (χ4n) is 8.92. The average Bonchev–Trinajstić information content (AvgIpc) is 3.26. The third-order valence-electron chi connectivity index (χ3n) is 13.2. The summed E-state index contributed by atoms with van der Waals surface area (Å²) in [6, 6.07) is -0.533. The third kappa shape index (κ3) is 49.7. The van der Waals surface area contributed by atoms with E-state index in [1.54, 1.807) is 0 Å². The van der Waals surface area contributed by atoms with Crippen molar-refractivity contribution in [3.63, 3.8) is 0 Å². The van der Waals surface area contributed by atoms with Gasteiger partial charge in [0.15, 0.2) is 0 Å². The number of allylic oxidation sites excluding steroid dienone is 4. The highest BCUT2D eigenvalue weighted by atomic mass is 16.3. The molecule has 0 aromatic rings. The van der Waals surface area contributed by atoms with Crippen LogP contribution in [0.4, 0.5) is 0 Å². The van der Waals surface area contributed by atoms with Gasteiger partial charge in [0.05, 0.1) is 18.8 Å². The molecule has 4 heteroatoms. The first-order valence-electron chi connectivity index (χ1n) is 28.0. The molecule has 0 aliphatic rings. The fourth-order valence-corrected chi connectivity index (χ4v) is 8.92. The van der Waals surface area contributed by atoms with E-state index >= 15 is 0 Å². The highest BCUT2D eigenvalue weighted by molar-refractivity contribution is 5.76. The zero-order valence-electron chi connectivity index (χ0n) is 41.7. The molecule has 2 atom stereocenters. The van der Waals surface area contributed by atoms with Crippen LogP contribution in [0.1, 0.15) is 316 Å². The SMILES string of the molecule is CCCCCCCCCCCCCCC/C=C\C/C=C\CCCCCCCCCCCCCCCCCCCC(=O)NC(CO)C(O)CCCCCCCCCCCCCC. The standard InChI is InChI=1S/C57H111NO3/c1-3-5-7-9-11-13-15-17-18-19-20-21-22-23-24-25-26-27-28-29-30-31-32-33-34-35-36-37-38-39-40-41-43-45-47-49-51-53-57(61)58-55(54-59)56(60)52-50-48-46-44-42-16-14-12-10-8-6-4-2/h24-25,27-28,55-56,59-60H,3-23,26,29-54H2,1-2H3,(H,58,61)/b25-24-,28-27-. The van der Waals surface area contributed by atoms with Crippen molar-refractivity contribution in [1.29, 1.82) is 0 Å². The van der Waals surface area contributed by atoms with Crippen LogP contribution in [0, 0.1) is 0 Å². The van der Waals surface area contributed by atoms with Gasteiger partial charge in [-0.1, -0.05) is 289 Å². The van der Waals surface area contributed by atoms with Gasteiger partial charge >= 0.3 is 0 Å². The Hall–Kier alpha value is -1.13. The number of rotatable bonds is 52. The average molecular weight is 859 g/mol. The van der Waals surface area contributed by atoms with Gasteiger partial charge < -0.3 is 15.5 Å². The zero-order valence-corrected chi connectivity index (χ0v) is 41.7. The Kier molecular flexibility index (Phi) is 52.2. The van der Waals surface area contributed by atoms with Crippen molar-refractivity contribution in [2.24, 2.45) is 0 Å².